The molecule has 1 rings (SSSR count). The molecule has 6 heteroatoms. The van der Waals surface area contributed by atoms with E-state index >= 15 is 0 Å². The first-order valence-corrected chi connectivity index (χ1v) is 5.14. The van der Waals surface area contributed by atoms with Gasteiger partial charge in [0, 0.05) is 11.9 Å². The summed E-state index contributed by atoms with van der Waals surface area (Å²) in [5.74, 6) is -0.505. The Kier molecular flexibility index (Phi) is 4.56. The summed E-state index contributed by atoms with van der Waals surface area (Å²) < 4.78 is 0. The average molecular weight is 240 g/mol. The van der Waals surface area contributed by atoms with E-state index < -0.39 is 31.3 Å². The van der Waals surface area contributed by atoms with Crippen molar-refractivity contribution >= 4 is 5.91 Å². The van der Waals surface area contributed by atoms with Gasteiger partial charge in [-0.25, -0.2) is 0 Å². The second kappa shape index (κ2) is 5.72. The highest BCUT2D eigenvalue weighted by molar-refractivity contribution is 5.94. The second-order valence-electron chi connectivity index (χ2n) is 3.90. The number of rotatable bonds is 5. The lowest BCUT2D eigenvalue weighted by atomic mass is 10.0. The summed E-state index contributed by atoms with van der Waals surface area (Å²) in [5, 5.41) is 29.6. The Bertz CT molecular complexity index is 365. The zero-order valence-corrected chi connectivity index (χ0v) is 9.55. The van der Waals surface area contributed by atoms with E-state index in [1.165, 1.54) is 6.20 Å². The number of aromatic nitrogens is 1. The van der Waals surface area contributed by atoms with Crippen molar-refractivity contribution in [3.63, 3.8) is 0 Å². The molecule has 94 valence electrons. The molecule has 6 nitrogen and oxygen atoms in total. The number of hydrogen-bond acceptors (Lipinski definition) is 5. The molecule has 0 radical (unpaired) electrons. The minimum absolute atomic E-state index is 0.301. The minimum Gasteiger partial charge on any atom is -0.394 e. The lowest BCUT2D eigenvalue weighted by Gasteiger charge is -2.28. The molecule has 0 atom stereocenters. The maximum atomic E-state index is 11.8. The molecule has 1 aromatic heterocycles. The van der Waals surface area contributed by atoms with Crippen molar-refractivity contribution in [2.24, 2.45) is 0 Å². The van der Waals surface area contributed by atoms with E-state index in [1.54, 1.807) is 19.1 Å². The number of aliphatic hydroxyl groups excluding tert-OH is 3. The lowest BCUT2D eigenvalue weighted by Crippen LogP contribution is -2.57. The summed E-state index contributed by atoms with van der Waals surface area (Å²) in [4.78, 5) is 15.7. The monoisotopic (exact) mass is 240 g/mol. The molecule has 0 aliphatic carbocycles. The van der Waals surface area contributed by atoms with Gasteiger partial charge in [-0.05, 0) is 19.1 Å². The third-order valence-corrected chi connectivity index (χ3v) is 2.46. The van der Waals surface area contributed by atoms with E-state index in [2.05, 4.69) is 10.3 Å². The van der Waals surface area contributed by atoms with Crippen LogP contribution in [0.1, 0.15) is 16.1 Å². The molecular weight excluding hydrogens is 224 g/mol. The van der Waals surface area contributed by atoms with Gasteiger partial charge in [0.05, 0.1) is 25.4 Å². The van der Waals surface area contributed by atoms with Gasteiger partial charge in [0.1, 0.15) is 5.54 Å². The summed E-state index contributed by atoms with van der Waals surface area (Å²) >= 11 is 0. The van der Waals surface area contributed by atoms with Gasteiger partial charge in [0.2, 0.25) is 0 Å². The van der Waals surface area contributed by atoms with Gasteiger partial charge >= 0.3 is 0 Å². The molecule has 0 aliphatic heterocycles. The molecular formula is C11H16N2O4. The van der Waals surface area contributed by atoms with Crippen LogP contribution in [0, 0.1) is 6.92 Å². The fourth-order valence-electron chi connectivity index (χ4n) is 1.18. The Morgan fingerprint density at radius 1 is 1.29 bits per heavy atom. The maximum absolute atomic E-state index is 11.8. The SMILES string of the molecule is Cc1ccc(C(=O)NC(CO)(CO)CO)cn1. The number of aryl methyl sites for hydroxylation is 1. The highest BCUT2D eigenvalue weighted by atomic mass is 16.3. The first-order valence-electron chi connectivity index (χ1n) is 5.14. The van der Waals surface area contributed by atoms with Crippen molar-refractivity contribution in [3.05, 3.63) is 29.6 Å². The van der Waals surface area contributed by atoms with Crippen LogP contribution in [-0.4, -0.2) is 51.6 Å². The number of nitrogens with zero attached hydrogens (tertiary/aromatic N) is 1. The highest BCUT2D eigenvalue weighted by Gasteiger charge is 2.30. The number of amides is 1. The van der Waals surface area contributed by atoms with Crippen molar-refractivity contribution in [1.82, 2.24) is 10.3 Å². The quantitative estimate of drug-likeness (QED) is 0.519. The van der Waals surface area contributed by atoms with Crippen LogP contribution < -0.4 is 5.32 Å². The summed E-state index contributed by atoms with van der Waals surface area (Å²) in [6.45, 7) is 0.141. The third-order valence-electron chi connectivity index (χ3n) is 2.46. The van der Waals surface area contributed by atoms with E-state index in [0.717, 1.165) is 5.69 Å². The molecule has 0 saturated heterocycles. The first kappa shape index (κ1) is 13.6. The first-order chi connectivity index (χ1) is 8.06. The number of carbonyl (C=O) groups is 1. The molecule has 1 heterocycles. The van der Waals surface area contributed by atoms with Crippen LogP contribution in [0.3, 0.4) is 0 Å². The molecule has 1 amide bonds. The van der Waals surface area contributed by atoms with Gasteiger partial charge < -0.3 is 20.6 Å². The number of nitrogens with one attached hydrogen (secondary N) is 1. The largest absolute Gasteiger partial charge is 0.394 e. The van der Waals surface area contributed by atoms with Crippen molar-refractivity contribution in [2.75, 3.05) is 19.8 Å². The molecule has 0 bridgehead atoms. The van der Waals surface area contributed by atoms with Crippen LogP contribution in [0.4, 0.5) is 0 Å². The van der Waals surface area contributed by atoms with Crippen molar-refractivity contribution in [3.8, 4) is 0 Å². The van der Waals surface area contributed by atoms with Crippen LogP contribution in [0.25, 0.3) is 0 Å². The molecule has 0 aromatic carbocycles. The molecule has 4 N–H and O–H groups in total. The van der Waals surface area contributed by atoms with Gasteiger partial charge in [0.15, 0.2) is 0 Å². The number of pyridine rings is 1. The highest BCUT2D eigenvalue weighted by Crippen LogP contribution is 2.05. The molecule has 0 unspecified atom stereocenters. The van der Waals surface area contributed by atoms with Crippen LogP contribution >= 0.6 is 0 Å². The summed E-state index contributed by atoms with van der Waals surface area (Å²) in [6.07, 6.45) is 1.39. The smallest absolute Gasteiger partial charge is 0.253 e. The van der Waals surface area contributed by atoms with Crippen molar-refractivity contribution in [1.29, 1.82) is 0 Å². The van der Waals surface area contributed by atoms with Gasteiger partial charge in [-0.1, -0.05) is 0 Å². The number of carbonyl (C=O) groups excluding carboxylic acids is 1. The zero-order chi connectivity index (χ0) is 12.9. The Hall–Kier alpha value is -1.50. The number of hydrogen-bond donors (Lipinski definition) is 4. The lowest BCUT2D eigenvalue weighted by molar-refractivity contribution is 0.0375. The van der Waals surface area contributed by atoms with Crippen molar-refractivity contribution < 1.29 is 20.1 Å². The summed E-state index contributed by atoms with van der Waals surface area (Å²) in [6, 6.07) is 3.25. The fraction of sp³-hybridized carbons (Fsp3) is 0.455. The Labute approximate surface area is 98.9 Å². The third kappa shape index (κ3) is 3.23. The standard InChI is InChI=1S/C11H16N2O4/c1-8-2-3-9(4-12-8)10(17)13-11(5-14,6-15)7-16/h2-4,14-16H,5-7H2,1H3,(H,13,17). The average Bonchev–Trinajstić information content (AvgIpc) is 2.37. The zero-order valence-electron chi connectivity index (χ0n) is 9.55. The van der Waals surface area contributed by atoms with Gasteiger partial charge in [-0.2, -0.15) is 0 Å². The van der Waals surface area contributed by atoms with E-state index in [4.69, 9.17) is 15.3 Å². The molecule has 1 aromatic rings. The Morgan fingerprint density at radius 2 is 1.88 bits per heavy atom. The number of aliphatic hydroxyl groups is 3. The van der Waals surface area contributed by atoms with E-state index in [1.807, 2.05) is 0 Å². The van der Waals surface area contributed by atoms with E-state index in [9.17, 15) is 4.79 Å². The van der Waals surface area contributed by atoms with Crippen LogP contribution in [0.5, 0.6) is 0 Å². The van der Waals surface area contributed by atoms with Crippen LogP contribution in [-0.2, 0) is 0 Å². The van der Waals surface area contributed by atoms with E-state index in [-0.39, 0.29) is 0 Å². The molecule has 0 saturated carbocycles. The predicted molar refractivity (Wildman–Crippen MR) is 60.4 cm³/mol. The normalized spacial score (nSPS) is 11.3. The van der Waals surface area contributed by atoms with E-state index in [0.29, 0.717) is 5.56 Å². The Balaban J connectivity index is 2.81. The molecule has 0 fully saturated rings. The van der Waals surface area contributed by atoms with Crippen LogP contribution in [0.2, 0.25) is 0 Å². The maximum Gasteiger partial charge on any atom is 0.253 e. The van der Waals surface area contributed by atoms with Gasteiger partial charge in [0.25, 0.3) is 5.91 Å². The second-order valence-corrected chi connectivity index (χ2v) is 3.90. The molecule has 17 heavy (non-hydrogen) atoms. The predicted octanol–water partition coefficient (Wildman–Crippen LogP) is -1.16. The fourth-order valence-corrected chi connectivity index (χ4v) is 1.18. The summed E-state index contributed by atoms with van der Waals surface area (Å²) in [7, 11) is 0. The van der Waals surface area contributed by atoms with Gasteiger partial charge in [-0.3, -0.25) is 9.78 Å². The van der Waals surface area contributed by atoms with Crippen molar-refractivity contribution in [2.45, 2.75) is 12.5 Å². The Morgan fingerprint density at radius 3 is 2.29 bits per heavy atom. The summed E-state index contributed by atoms with van der Waals surface area (Å²) in [5.41, 5.74) is -0.336. The topological polar surface area (TPSA) is 103 Å². The van der Waals surface area contributed by atoms with Gasteiger partial charge in [-0.15, -0.1) is 0 Å². The van der Waals surface area contributed by atoms with Crippen LogP contribution in [0.15, 0.2) is 18.3 Å². The molecule has 0 spiro atoms. The molecule has 0 aliphatic rings. The minimum atomic E-state index is -1.41.